The zero-order valence-electron chi connectivity index (χ0n) is 30.8. The normalized spacial score (nSPS) is 14.9. The molecule has 254 valence electrons. The molecule has 0 N–H and O–H groups in total. The van der Waals surface area contributed by atoms with Gasteiger partial charge in [-0.2, -0.15) is 0 Å². The van der Waals surface area contributed by atoms with Gasteiger partial charge in [0.1, 0.15) is 11.0 Å². The summed E-state index contributed by atoms with van der Waals surface area (Å²) in [6.07, 6.45) is 0. The van der Waals surface area contributed by atoms with Crippen LogP contribution in [-0.4, -0.2) is 9.97 Å². The van der Waals surface area contributed by atoms with Crippen LogP contribution in [0.25, 0.3) is 86.7 Å². The number of benzene rings is 7. The van der Waals surface area contributed by atoms with E-state index in [1.165, 1.54) is 87.3 Å². The highest BCUT2D eigenvalue weighted by Crippen LogP contribution is 2.57. The summed E-state index contributed by atoms with van der Waals surface area (Å²) in [7, 11) is 0. The van der Waals surface area contributed by atoms with Crippen molar-refractivity contribution in [1.82, 2.24) is 9.97 Å². The SMILES string of the molecule is Cc1ccc2c3ccc(C)cc3c3nc4c(-c5cccc6c5-c5ccccc5C6(C)C)sc(-c5cccc6c5-c5ccccc5C6(C)C)c4nc3c2c1. The smallest absolute Gasteiger partial charge is 0.109 e. The molecule has 9 aromatic rings. The molecule has 0 spiro atoms. The Kier molecular flexibility index (Phi) is 6.12. The van der Waals surface area contributed by atoms with E-state index in [2.05, 4.69) is 163 Å². The Morgan fingerprint density at radius 3 is 1.25 bits per heavy atom. The largest absolute Gasteiger partial charge is 0.242 e. The monoisotopic (exact) mass is 698 g/mol. The van der Waals surface area contributed by atoms with Crippen molar-refractivity contribution in [2.75, 3.05) is 0 Å². The minimum Gasteiger partial charge on any atom is -0.242 e. The van der Waals surface area contributed by atoms with Crippen LogP contribution in [0.4, 0.5) is 0 Å². The third-order valence-electron chi connectivity index (χ3n) is 12.4. The highest BCUT2D eigenvalue weighted by Gasteiger charge is 2.39. The predicted molar refractivity (Wildman–Crippen MR) is 225 cm³/mol. The van der Waals surface area contributed by atoms with E-state index in [0.717, 1.165) is 32.8 Å². The van der Waals surface area contributed by atoms with Gasteiger partial charge in [0.15, 0.2) is 0 Å². The summed E-state index contributed by atoms with van der Waals surface area (Å²) in [4.78, 5) is 13.9. The molecule has 53 heavy (non-hydrogen) atoms. The molecule has 7 aromatic carbocycles. The Labute approximate surface area is 313 Å². The summed E-state index contributed by atoms with van der Waals surface area (Å²) in [6, 6.07) is 45.3. The Hall–Kier alpha value is -5.64. The van der Waals surface area contributed by atoms with Gasteiger partial charge in [0.2, 0.25) is 0 Å². The second-order valence-corrected chi connectivity index (χ2v) is 17.3. The number of hydrogen-bond donors (Lipinski definition) is 0. The van der Waals surface area contributed by atoms with E-state index in [1.807, 2.05) is 11.3 Å². The van der Waals surface area contributed by atoms with Crippen LogP contribution in [0.3, 0.4) is 0 Å². The number of thiophene rings is 1. The lowest BCUT2D eigenvalue weighted by molar-refractivity contribution is 0.660. The molecule has 0 saturated heterocycles. The molecular weight excluding hydrogens is 661 g/mol. The molecule has 0 unspecified atom stereocenters. The summed E-state index contributed by atoms with van der Waals surface area (Å²) in [5.41, 5.74) is 19.4. The van der Waals surface area contributed by atoms with Gasteiger partial charge in [0.25, 0.3) is 0 Å². The second-order valence-electron chi connectivity index (χ2n) is 16.3. The first-order chi connectivity index (χ1) is 25.6. The number of rotatable bonds is 2. The minimum absolute atomic E-state index is 0.101. The Morgan fingerprint density at radius 1 is 0.396 bits per heavy atom. The van der Waals surface area contributed by atoms with Gasteiger partial charge in [-0.05, 0) is 81.3 Å². The average Bonchev–Trinajstić information content (AvgIpc) is 3.74. The fourth-order valence-electron chi connectivity index (χ4n) is 9.76. The lowest BCUT2D eigenvalue weighted by Crippen LogP contribution is -2.14. The third-order valence-corrected chi connectivity index (χ3v) is 13.6. The molecule has 11 rings (SSSR count). The standard InChI is InChI=1S/C50H38N2S/c1-27-21-23-29-30-24-22-28(2)26-36(30)44-43(35(29)25-27)51-45-46(52-44)48(34-16-12-20-40-42(34)32-14-8-10-18-38(32)50(40,5)6)53-47(45)33-15-11-19-39-41(33)31-13-7-9-17-37(31)49(39,3)4/h7-26H,1-6H3. The van der Waals surface area contributed by atoms with Gasteiger partial charge >= 0.3 is 0 Å². The maximum absolute atomic E-state index is 5.78. The van der Waals surface area contributed by atoms with E-state index >= 15 is 0 Å². The number of aromatic nitrogens is 2. The molecule has 0 bridgehead atoms. The van der Waals surface area contributed by atoms with Crippen LogP contribution >= 0.6 is 11.3 Å². The topological polar surface area (TPSA) is 25.8 Å². The summed E-state index contributed by atoms with van der Waals surface area (Å²) in [6.45, 7) is 13.8. The summed E-state index contributed by atoms with van der Waals surface area (Å²) in [5, 5.41) is 4.76. The van der Waals surface area contributed by atoms with Gasteiger partial charge in [0, 0.05) is 32.7 Å². The molecule has 0 amide bonds. The van der Waals surface area contributed by atoms with Crippen molar-refractivity contribution in [3.05, 3.63) is 155 Å². The van der Waals surface area contributed by atoms with Crippen molar-refractivity contribution in [2.45, 2.75) is 52.4 Å². The van der Waals surface area contributed by atoms with Gasteiger partial charge < -0.3 is 0 Å². The van der Waals surface area contributed by atoms with Crippen molar-refractivity contribution in [1.29, 1.82) is 0 Å². The lowest BCUT2D eigenvalue weighted by atomic mass is 9.82. The molecule has 0 aliphatic heterocycles. The maximum atomic E-state index is 5.78. The summed E-state index contributed by atoms with van der Waals surface area (Å²) in [5.74, 6) is 0. The molecular formula is C50H38N2S. The Morgan fingerprint density at radius 2 is 0.792 bits per heavy atom. The number of nitrogens with zero attached hydrogens (tertiary/aromatic N) is 2. The van der Waals surface area contributed by atoms with E-state index in [-0.39, 0.29) is 10.8 Å². The van der Waals surface area contributed by atoms with Gasteiger partial charge in [-0.3, -0.25) is 0 Å². The zero-order valence-corrected chi connectivity index (χ0v) is 31.7. The average molecular weight is 699 g/mol. The fraction of sp³-hybridized carbons (Fsp3) is 0.160. The molecule has 2 aromatic heterocycles. The van der Waals surface area contributed by atoms with Gasteiger partial charge in [-0.15, -0.1) is 11.3 Å². The molecule has 2 aliphatic carbocycles. The lowest BCUT2D eigenvalue weighted by Gasteiger charge is -2.21. The second kappa shape index (κ2) is 10.5. The molecule has 0 fully saturated rings. The predicted octanol–water partition coefficient (Wildman–Crippen LogP) is 13.7. The van der Waals surface area contributed by atoms with Crippen LogP contribution in [0, 0.1) is 13.8 Å². The molecule has 2 nitrogen and oxygen atoms in total. The molecule has 2 heterocycles. The van der Waals surface area contributed by atoms with Gasteiger partial charge in [0.05, 0.1) is 20.8 Å². The van der Waals surface area contributed by atoms with E-state index in [4.69, 9.17) is 9.97 Å². The number of aryl methyl sites for hydroxylation is 2. The minimum atomic E-state index is -0.101. The number of hydrogen-bond acceptors (Lipinski definition) is 3. The van der Waals surface area contributed by atoms with Crippen LogP contribution in [-0.2, 0) is 10.8 Å². The van der Waals surface area contributed by atoms with Gasteiger partial charge in [-0.25, -0.2) is 9.97 Å². The van der Waals surface area contributed by atoms with Crippen molar-refractivity contribution in [3.8, 4) is 43.1 Å². The van der Waals surface area contributed by atoms with Gasteiger partial charge in [-0.1, -0.05) is 148 Å². The first kappa shape index (κ1) is 30.9. The van der Waals surface area contributed by atoms with E-state index in [1.54, 1.807) is 0 Å². The van der Waals surface area contributed by atoms with E-state index in [0.29, 0.717) is 0 Å². The van der Waals surface area contributed by atoms with Crippen LogP contribution in [0.15, 0.2) is 121 Å². The first-order valence-electron chi connectivity index (χ1n) is 18.7. The maximum Gasteiger partial charge on any atom is 0.109 e. The molecule has 0 atom stereocenters. The highest BCUT2D eigenvalue weighted by molar-refractivity contribution is 7.21. The van der Waals surface area contributed by atoms with Crippen LogP contribution < -0.4 is 0 Å². The highest BCUT2D eigenvalue weighted by atomic mass is 32.1. The van der Waals surface area contributed by atoms with Crippen molar-refractivity contribution < 1.29 is 0 Å². The van der Waals surface area contributed by atoms with Crippen molar-refractivity contribution >= 4 is 54.9 Å². The zero-order chi connectivity index (χ0) is 36.0. The van der Waals surface area contributed by atoms with Crippen molar-refractivity contribution in [2.24, 2.45) is 0 Å². The van der Waals surface area contributed by atoms with Crippen LogP contribution in [0.5, 0.6) is 0 Å². The molecule has 2 aliphatic rings. The van der Waals surface area contributed by atoms with E-state index < -0.39 is 0 Å². The van der Waals surface area contributed by atoms with Crippen LogP contribution in [0.1, 0.15) is 61.1 Å². The first-order valence-corrected chi connectivity index (χ1v) is 19.5. The third kappa shape index (κ3) is 4.04. The molecule has 3 heteroatoms. The summed E-state index contributed by atoms with van der Waals surface area (Å²) >= 11 is 1.86. The van der Waals surface area contributed by atoms with Crippen LogP contribution in [0.2, 0.25) is 0 Å². The molecule has 0 saturated carbocycles. The van der Waals surface area contributed by atoms with E-state index in [9.17, 15) is 0 Å². The number of fused-ring (bicyclic) bond motifs is 13. The Bertz CT molecular complexity index is 2880. The summed E-state index contributed by atoms with van der Waals surface area (Å²) < 4.78 is 0. The Balaban J connectivity index is 1.32. The fourth-order valence-corrected chi connectivity index (χ4v) is 11.0. The van der Waals surface area contributed by atoms with Crippen molar-refractivity contribution in [3.63, 3.8) is 0 Å². The molecule has 0 radical (unpaired) electrons. The quantitative estimate of drug-likeness (QED) is 0.168.